The van der Waals surface area contributed by atoms with Crippen molar-refractivity contribution in [1.29, 1.82) is 0 Å². The summed E-state index contributed by atoms with van der Waals surface area (Å²) in [5.41, 5.74) is 2.49. The lowest BCUT2D eigenvalue weighted by Crippen LogP contribution is -2.32. The second-order valence-electron chi connectivity index (χ2n) is 11.4. The lowest BCUT2D eigenvalue weighted by atomic mass is 9.74. The second-order valence-corrected chi connectivity index (χ2v) is 12.7. The van der Waals surface area contributed by atoms with E-state index in [-0.39, 0.29) is 35.8 Å². The number of ether oxygens (including phenoxy) is 1. The molecule has 3 rings (SSSR count). The van der Waals surface area contributed by atoms with E-state index in [4.69, 9.17) is 9.84 Å². The fourth-order valence-electron chi connectivity index (χ4n) is 5.08. The van der Waals surface area contributed by atoms with Crippen molar-refractivity contribution in [3.63, 3.8) is 0 Å². The highest BCUT2D eigenvalue weighted by Crippen LogP contribution is 2.50. The molecular weight excluding hydrogens is 522 g/mol. The third kappa shape index (κ3) is 8.50. The monoisotopic (exact) mass is 571 g/mol. The van der Waals surface area contributed by atoms with Crippen LogP contribution in [0.25, 0.3) is 0 Å². The fraction of sp³-hybridized carbons (Fsp3) is 0.576. The molecule has 1 aliphatic carbocycles. The number of carboxylic acid groups (broad SMARTS) is 1. The molecule has 0 spiro atoms. The highest BCUT2D eigenvalue weighted by Gasteiger charge is 2.38. The molecule has 2 bridgehead atoms. The quantitative estimate of drug-likeness (QED) is 0.263. The van der Waals surface area contributed by atoms with Crippen LogP contribution in [0.1, 0.15) is 85.3 Å². The molecule has 3 N–H and O–H groups in total. The molecule has 3 unspecified atom stereocenters. The number of carboxylic acids is 1. The summed E-state index contributed by atoms with van der Waals surface area (Å²) < 4.78 is 6.00. The number of aryl methyl sites for hydroxylation is 1. The van der Waals surface area contributed by atoms with Gasteiger partial charge in [0.2, 0.25) is 5.91 Å². The Labute approximate surface area is 245 Å². The van der Waals surface area contributed by atoms with Crippen molar-refractivity contribution in [1.82, 2.24) is 5.32 Å². The van der Waals surface area contributed by atoms with E-state index < -0.39 is 12.1 Å². The number of aliphatic hydroxyl groups is 1. The summed E-state index contributed by atoms with van der Waals surface area (Å²) in [4.78, 5) is 24.9. The van der Waals surface area contributed by atoms with Crippen molar-refractivity contribution in [3.8, 4) is 5.75 Å². The van der Waals surface area contributed by atoms with E-state index in [1.807, 2.05) is 64.6 Å². The zero-order valence-corrected chi connectivity index (χ0v) is 26.4. The van der Waals surface area contributed by atoms with Crippen LogP contribution in [0.15, 0.2) is 53.0 Å². The summed E-state index contributed by atoms with van der Waals surface area (Å²) in [6.07, 6.45) is 11.3. The van der Waals surface area contributed by atoms with E-state index in [0.29, 0.717) is 17.2 Å². The van der Waals surface area contributed by atoms with Crippen molar-refractivity contribution in [2.75, 3.05) is 13.2 Å². The van der Waals surface area contributed by atoms with E-state index in [1.54, 1.807) is 0 Å². The summed E-state index contributed by atoms with van der Waals surface area (Å²) in [7, 11) is 0. The fourth-order valence-corrected chi connectivity index (χ4v) is 6.80. The summed E-state index contributed by atoms with van der Waals surface area (Å²) >= 11 is 1.91. The molecule has 1 heterocycles. The highest BCUT2D eigenvalue weighted by molar-refractivity contribution is 8.03. The van der Waals surface area contributed by atoms with Gasteiger partial charge in [0.1, 0.15) is 18.9 Å². The molecule has 0 saturated heterocycles. The number of aliphatic hydroxyl groups excluding tert-OH is 1. The lowest BCUT2D eigenvalue weighted by molar-refractivity contribution is -0.137. The standard InChI is InChI=1S/C31H43NO5S.C2H6/c1-7-31(8-2,23-12-13-25(20(3)14-23)37-19-26(33)30(4,5)6)27-17-21-15-22(29(36)32-18-28(34)35)10-9-11-24(16-21)38-27;1-2/h9,11-15,17,21,24,26,33H,7-8,10,16,18-19H2,1-6H3,(H,32,36)(H,34,35);1-2H3/b11-9-,22-15+;. The van der Waals surface area contributed by atoms with Crippen molar-refractivity contribution in [2.24, 2.45) is 11.3 Å². The number of carbonyl (C=O) groups excluding carboxylic acids is 1. The number of aliphatic carboxylic acids is 1. The summed E-state index contributed by atoms with van der Waals surface area (Å²) in [5, 5.41) is 22.2. The minimum atomic E-state index is -1.05. The molecule has 0 fully saturated rings. The van der Waals surface area contributed by atoms with Gasteiger partial charge in [-0.3, -0.25) is 9.59 Å². The predicted molar refractivity (Wildman–Crippen MR) is 166 cm³/mol. The van der Waals surface area contributed by atoms with Gasteiger partial charge < -0.3 is 20.3 Å². The molecule has 0 saturated carbocycles. The Morgan fingerprint density at radius 3 is 2.40 bits per heavy atom. The number of rotatable bonds is 10. The molecule has 2 aliphatic rings. The van der Waals surface area contributed by atoms with Crippen molar-refractivity contribution >= 4 is 23.6 Å². The van der Waals surface area contributed by atoms with Crippen molar-refractivity contribution in [3.05, 3.63) is 64.1 Å². The molecule has 0 radical (unpaired) electrons. The van der Waals surface area contributed by atoms with E-state index in [1.165, 1.54) is 10.5 Å². The van der Waals surface area contributed by atoms with Crippen LogP contribution < -0.4 is 10.1 Å². The Morgan fingerprint density at radius 1 is 1.15 bits per heavy atom. The minimum Gasteiger partial charge on any atom is -0.491 e. The Morgan fingerprint density at radius 2 is 1.82 bits per heavy atom. The lowest BCUT2D eigenvalue weighted by Gasteiger charge is -2.40. The highest BCUT2D eigenvalue weighted by atomic mass is 32.2. The number of fused-ring (bicyclic) bond motifs is 2. The van der Waals surface area contributed by atoms with Crippen LogP contribution in [0.5, 0.6) is 5.75 Å². The van der Waals surface area contributed by atoms with E-state index >= 15 is 0 Å². The third-order valence-corrected chi connectivity index (χ3v) is 9.18. The maximum Gasteiger partial charge on any atom is 0.322 e. The molecule has 3 atom stereocenters. The number of hydrogen-bond acceptors (Lipinski definition) is 5. The SMILES string of the molecule is CC.CCC(CC)(C1=CC2/C=C(/C(=O)NCC(=O)O)C/C=C\C(C2)S1)c1ccc(OCC(O)C(C)(C)C)c(C)c1. The first-order valence-corrected chi connectivity index (χ1v) is 15.5. The Balaban J connectivity index is 0.00000274. The van der Waals surface area contributed by atoms with Gasteiger partial charge in [0.05, 0.1) is 6.10 Å². The smallest absolute Gasteiger partial charge is 0.322 e. The van der Waals surface area contributed by atoms with E-state index in [2.05, 4.69) is 50.4 Å². The first-order valence-electron chi connectivity index (χ1n) is 14.6. The number of hydrogen-bond donors (Lipinski definition) is 3. The van der Waals surface area contributed by atoms with Gasteiger partial charge in [-0.05, 0) is 66.0 Å². The zero-order valence-electron chi connectivity index (χ0n) is 25.5. The molecule has 1 amide bonds. The Kier molecular flexibility index (Phi) is 12.6. The molecule has 6 nitrogen and oxygen atoms in total. The second kappa shape index (κ2) is 14.9. The van der Waals surface area contributed by atoms with Crippen molar-refractivity contribution in [2.45, 2.75) is 97.8 Å². The summed E-state index contributed by atoms with van der Waals surface area (Å²) in [5.74, 6) is -0.476. The number of allylic oxidation sites excluding steroid dienone is 4. The number of benzene rings is 1. The maximum absolute atomic E-state index is 12.6. The van der Waals surface area contributed by atoms with Crippen LogP contribution >= 0.6 is 11.8 Å². The normalized spacial score (nSPS) is 21.7. The van der Waals surface area contributed by atoms with E-state index in [9.17, 15) is 14.7 Å². The Bertz CT molecular complexity index is 1110. The molecule has 0 aromatic heterocycles. The number of carbonyl (C=O) groups is 2. The van der Waals surface area contributed by atoms with Crippen LogP contribution in [-0.4, -0.2) is 46.6 Å². The molecule has 1 aromatic carbocycles. The average molecular weight is 572 g/mol. The van der Waals surface area contributed by atoms with Crippen LogP contribution in [-0.2, 0) is 15.0 Å². The van der Waals surface area contributed by atoms with E-state index in [0.717, 1.165) is 30.6 Å². The van der Waals surface area contributed by atoms with Crippen LogP contribution in [0.4, 0.5) is 0 Å². The molecule has 222 valence electrons. The molecular formula is C33H49NO5S. The summed E-state index contributed by atoms with van der Waals surface area (Å²) in [6, 6.07) is 6.40. The first-order chi connectivity index (χ1) is 18.9. The number of amides is 1. The van der Waals surface area contributed by atoms with Crippen LogP contribution in [0, 0.1) is 18.3 Å². The van der Waals surface area contributed by atoms with Gasteiger partial charge in [-0.15, -0.1) is 11.8 Å². The number of thioether (sulfide) groups is 1. The van der Waals surface area contributed by atoms with Crippen LogP contribution in [0.3, 0.4) is 0 Å². The third-order valence-electron chi connectivity index (χ3n) is 7.75. The van der Waals surface area contributed by atoms with Gasteiger partial charge in [-0.2, -0.15) is 0 Å². The largest absolute Gasteiger partial charge is 0.491 e. The van der Waals surface area contributed by atoms with Gasteiger partial charge in [-0.1, -0.05) is 84.9 Å². The Hall–Kier alpha value is -2.51. The topological polar surface area (TPSA) is 95.9 Å². The minimum absolute atomic E-state index is 0.104. The number of nitrogens with one attached hydrogen (secondary N) is 1. The first kappa shape index (κ1) is 33.7. The van der Waals surface area contributed by atoms with Gasteiger partial charge in [0, 0.05) is 16.2 Å². The van der Waals surface area contributed by atoms with Gasteiger partial charge in [0.15, 0.2) is 0 Å². The van der Waals surface area contributed by atoms with Gasteiger partial charge in [-0.25, -0.2) is 0 Å². The van der Waals surface area contributed by atoms with Crippen molar-refractivity contribution < 1.29 is 24.5 Å². The average Bonchev–Trinajstić information content (AvgIpc) is 2.91. The van der Waals surface area contributed by atoms with Crippen LogP contribution in [0.2, 0.25) is 0 Å². The zero-order chi connectivity index (χ0) is 30.1. The van der Waals surface area contributed by atoms with Gasteiger partial charge >= 0.3 is 5.97 Å². The molecule has 7 heteroatoms. The molecule has 1 aliphatic heterocycles. The summed E-state index contributed by atoms with van der Waals surface area (Å²) in [6.45, 7) is 16.4. The molecule has 1 aromatic rings. The predicted octanol–water partition coefficient (Wildman–Crippen LogP) is 6.96. The molecule has 40 heavy (non-hydrogen) atoms. The maximum atomic E-state index is 12.6. The van der Waals surface area contributed by atoms with Gasteiger partial charge in [0.25, 0.3) is 0 Å².